The van der Waals surface area contributed by atoms with E-state index in [0.717, 1.165) is 12.0 Å². The van der Waals surface area contributed by atoms with Crippen molar-refractivity contribution in [3.8, 4) is 11.5 Å². The first-order valence-electron chi connectivity index (χ1n) is 6.96. The van der Waals surface area contributed by atoms with Crippen LogP contribution < -0.4 is 14.8 Å². The molecule has 1 N–H and O–H groups in total. The molecule has 0 aromatic heterocycles. The lowest BCUT2D eigenvalue weighted by atomic mass is 9.91. The Kier molecular flexibility index (Phi) is 4.85. The molecular formula is C16H21NO4. The van der Waals surface area contributed by atoms with Gasteiger partial charge >= 0.3 is 5.97 Å². The number of hydrogen-bond donors (Lipinski definition) is 1. The minimum Gasteiger partial charge on any atom is -0.490 e. The summed E-state index contributed by atoms with van der Waals surface area (Å²) >= 11 is 0. The van der Waals surface area contributed by atoms with Crippen molar-refractivity contribution in [3.05, 3.63) is 36.4 Å². The number of methoxy groups -OCH3 is 1. The molecule has 1 aromatic rings. The first kappa shape index (κ1) is 15.4. The Morgan fingerprint density at radius 1 is 1.43 bits per heavy atom. The van der Waals surface area contributed by atoms with Gasteiger partial charge in [0.25, 0.3) is 0 Å². The van der Waals surface area contributed by atoms with E-state index in [1.54, 1.807) is 13.0 Å². The zero-order valence-corrected chi connectivity index (χ0v) is 12.5. The first-order valence-corrected chi connectivity index (χ1v) is 6.96. The van der Waals surface area contributed by atoms with Crippen molar-refractivity contribution >= 4 is 5.97 Å². The molecule has 0 spiro atoms. The molecule has 1 atom stereocenters. The van der Waals surface area contributed by atoms with E-state index >= 15 is 0 Å². The predicted molar refractivity (Wildman–Crippen MR) is 79.6 cm³/mol. The molecule has 0 aliphatic carbocycles. The molecule has 0 fully saturated rings. The van der Waals surface area contributed by atoms with Crippen molar-refractivity contribution in [2.75, 3.05) is 26.9 Å². The molecule has 1 unspecified atom stereocenters. The van der Waals surface area contributed by atoms with Crippen LogP contribution >= 0.6 is 0 Å². The van der Waals surface area contributed by atoms with E-state index in [1.165, 1.54) is 7.11 Å². The number of ether oxygens (including phenoxy) is 3. The fraction of sp³-hybridized carbons (Fsp3) is 0.438. The maximum Gasteiger partial charge on any atom is 0.330 e. The van der Waals surface area contributed by atoms with Crippen LogP contribution in [0.1, 0.15) is 18.9 Å². The van der Waals surface area contributed by atoms with Gasteiger partial charge in [-0.2, -0.15) is 0 Å². The molecular weight excluding hydrogens is 270 g/mol. The van der Waals surface area contributed by atoms with Gasteiger partial charge < -0.3 is 14.2 Å². The van der Waals surface area contributed by atoms with E-state index in [9.17, 15) is 4.79 Å². The summed E-state index contributed by atoms with van der Waals surface area (Å²) in [6.07, 6.45) is 2.54. The third-order valence-electron chi connectivity index (χ3n) is 3.52. The van der Waals surface area contributed by atoms with Crippen LogP contribution in [0.4, 0.5) is 0 Å². The molecule has 0 bridgehead atoms. The van der Waals surface area contributed by atoms with Gasteiger partial charge in [0.1, 0.15) is 5.54 Å². The lowest BCUT2D eigenvalue weighted by Crippen LogP contribution is -2.47. The van der Waals surface area contributed by atoms with Gasteiger partial charge in [0, 0.05) is 13.0 Å². The molecule has 0 saturated carbocycles. The van der Waals surface area contributed by atoms with Gasteiger partial charge in [0.2, 0.25) is 0 Å². The Bertz CT molecular complexity index is 529. The fourth-order valence-corrected chi connectivity index (χ4v) is 2.25. The zero-order chi connectivity index (χ0) is 15.3. The molecule has 21 heavy (non-hydrogen) atoms. The van der Waals surface area contributed by atoms with E-state index < -0.39 is 5.54 Å². The molecule has 5 heteroatoms. The van der Waals surface area contributed by atoms with Crippen LogP contribution in [-0.4, -0.2) is 32.8 Å². The fourth-order valence-electron chi connectivity index (χ4n) is 2.25. The van der Waals surface area contributed by atoms with Gasteiger partial charge in [-0.25, -0.2) is 4.79 Å². The lowest BCUT2D eigenvalue weighted by molar-refractivity contribution is -0.148. The zero-order valence-electron chi connectivity index (χ0n) is 12.5. The van der Waals surface area contributed by atoms with Crippen LogP contribution in [0.15, 0.2) is 30.9 Å². The average Bonchev–Trinajstić information content (AvgIpc) is 2.76. The van der Waals surface area contributed by atoms with Crippen LogP contribution in [0, 0.1) is 0 Å². The Labute approximate surface area is 124 Å². The van der Waals surface area contributed by atoms with Crippen molar-refractivity contribution in [2.24, 2.45) is 0 Å². The summed E-state index contributed by atoms with van der Waals surface area (Å²) in [6.45, 7) is 7.17. The summed E-state index contributed by atoms with van der Waals surface area (Å²) < 4.78 is 16.2. The SMILES string of the molecule is C=CCNC(C)(C(=O)OC)c1ccc2c(c1)OCCCO2. The second-order valence-corrected chi connectivity index (χ2v) is 5.00. The minimum absolute atomic E-state index is 0.362. The first-order chi connectivity index (χ1) is 10.1. The third-order valence-corrected chi connectivity index (χ3v) is 3.52. The van der Waals surface area contributed by atoms with Crippen molar-refractivity contribution in [1.82, 2.24) is 5.32 Å². The third kappa shape index (κ3) is 3.19. The highest BCUT2D eigenvalue weighted by atomic mass is 16.5. The normalized spacial score (nSPS) is 16.5. The molecule has 1 aliphatic rings. The quantitative estimate of drug-likeness (QED) is 0.664. The second kappa shape index (κ2) is 6.63. The number of carbonyl (C=O) groups excluding carboxylic acids is 1. The van der Waals surface area contributed by atoms with Crippen LogP contribution in [0.3, 0.4) is 0 Å². The van der Waals surface area contributed by atoms with Gasteiger partial charge in [0.15, 0.2) is 11.5 Å². The Morgan fingerprint density at radius 2 is 2.14 bits per heavy atom. The Balaban J connectivity index is 2.38. The maximum atomic E-state index is 12.2. The highest BCUT2D eigenvalue weighted by molar-refractivity contribution is 5.82. The number of fused-ring (bicyclic) bond motifs is 1. The lowest BCUT2D eigenvalue weighted by Gasteiger charge is -2.28. The number of rotatable bonds is 5. The molecule has 0 saturated heterocycles. The number of carbonyl (C=O) groups is 1. The summed E-state index contributed by atoms with van der Waals surface area (Å²) in [5.41, 5.74) is -0.200. The standard InChI is InChI=1S/C16H21NO4/c1-4-8-17-16(2,15(18)19-3)12-6-7-13-14(11-12)21-10-5-9-20-13/h4,6-7,11,17H,1,5,8-10H2,2-3H3. The summed E-state index contributed by atoms with van der Waals surface area (Å²) in [7, 11) is 1.37. The average molecular weight is 291 g/mol. The molecule has 1 aromatic carbocycles. The summed E-state index contributed by atoms with van der Waals surface area (Å²) in [4.78, 5) is 12.2. The van der Waals surface area contributed by atoms with Crippen LogP contribution in [0.5, 0.6) is 11.5 Å². The maximum absolute atomic E-state index is 12.2. The van der Waals surface area contributed by atoms with Crippen molar-refractivity contribution in [2.45, 2.75) is 18.9 Å². The number of benzene rings is 1. The largest absolute Gasteiger partial charge is 0.490 e. The van der Waals surface area contributed by atoms with Gasteiger partial charge in [-0.3, -0.25) is 5.32 Å². The Hall–Kier alpha value is -2.01. The van der Waals surface area contributed by atoms with Crippen molar-refractivity contribution < 1.29 is 19.0 Å². The smallest absolute Gasteiger partial charge is 0.330 e. The van der Waals surface area contributed by atoms with Crippen LogP contribution in [0.2, 0.25) is 0 Å². The molecule has 1 aliphatic heterocycles. The number of nitrogens with one attached hydrogen (secondary N) is 1. The topological polar surface area (TPSA) is 56.8 Å². The van der Waals surface area contributed by atoms with Gasteiger partial charge in [0.05, 0.1) is 20.3 Å². The number of hydrogen-bond acceptors (Lipinski definition) is 5. The van der Waals surface area contributed by atoms with E-state index in [0.29, 0.717) is 31.3 Å². The molecule has 1 heterocycles. The van der Waals surface area contributed by atoms with Gasteiger partial charge in [-0.1, -0.05) is 12.1 Å². The highest BCUT2D eigenvalue weighted by Crippen LogP contribution is 2.34. The van der Waals surface area contributed by atoms with E-state index in [4.69, 9.17) is 14.2 Å². The monoisotopic (exact) mass is 291 g/mol. The molecule has 114 valence electrons. The van der Waals surface area contributed by atoms with Crippen LogP contribution in [0.25, 0.3) is 0 Å². The van der Waals surface area contributed by atoms with Gasteiger partial charge in [-0.15, -0.1) is 6.58 Å². The van der Waals surface area contributed by atoms with Gasteiger partial charge in [-0.05, 0) is 24.6 Å². The molecule has 5 nitrogen and oxygen atoms in total. The molecule has 0 radical (unpaired) electrons. The van der Waals surface area contributed by atoms with Crippen molar-refractivity contribution in [3.63, 3.8) is 0 Å². The summed E-state index contributed by atoms with van der Waals surface area (Å²) in [5.74, 6) is 0.992. The van der Waals surface area contributed by atoms with Crippen molar-refractivity contribution in [1.29, 1.82) is 0 Å². The molecule has 0 amide bonds. The minimum atomic E-state index is -0.965. The summed E-state index contributed by atoms with van der Waals surface area (Å²) in [6, 6.07) is 5.50. The summed E-state index contributed by atoms with van der Waals surface area (Å²) in [5, 5.41) is 3.15. The second-order valence-electron chi connectivity index (χ2n) is 5.00. The Morgan fingerprint density at radius 3 is 2.81 bits per heavy atom. The van der Waals surface area contributed by atoms with Crippen LogP contribution in [-0.2, 0) is 15.1 Å². The van der Waals surface area contributed by atoms with E-state index in [1.807, 2.05) is 18.2 Å². The van der Waals surface area contributed by atoms with E-state index in [-0.39, 0.29) is 5.97 Å². The molecule has 2 rings (SSSR count). The highest BCUT2D eigenvalue weighted by Gasteiger charge is 2.36. The van der Waals surface area contributed by atoms with E-state index in [2.05, 4.69) is 11.9 Å². The number of esters is 1. The predicted octanol–water partition coefficient (Wildman–Crippen LogP) is 2.01.